The van der Waals surface area contributed by atoms with Crippen LogP contribution in [0.3, 0.4) is 0 Å². The van der Waals surface area contributed by atoms with Gasteiger partial charge in [0.05, 0.1) is 23.7 Å². The van der Waals surface area contributed by atoms with E-state index in [1.807, 2.05) is 0 Å². The monoisotopic (exact) mass is 280 g/mol. The van der Waals surface area contributed by atoms with Gasteiger partial charge in [-0.3, -0.25) is 10.1 Å². The van der Waals surface area contributed by atoms with Gasteiger partial charge < -0.3 is 10.1 Å². The van der Waals surface area contributed by atoms with Crippen molar-refractivity contribution in [3.8, 4) is 12.3 Å². The van der Waals surface area contributed by atoms with Crippen LogP contribution in [0.15, 0.2) is 12.1 Å². The standard InChI is InChI=1S/C13H13FN2O4/c1-3-4-5-6-15-11-7-9(13(17)20-2)10(14)8-12(11)16(18)19/h1,7-8,15H,4-6H2,2H3. The van der Waals surface area contributed by atoms with E-state index in [9.17, 15) is 19.3 Å². The van der Waals surface area contributed by atoms with Crippen molar-refractivity contribution in [1.29, 1.82) is 0 Å². The van der Waals surface area contributed by atoms with Gasteiger partial charge in [-0.25, -0.2) is 9.18 Å². The van der Waals surface area contributed by atoms with E-state index in [4.69, 9.17) is 6.42 Å². The molecule has 0 aliphatic carbocycles. The Labute approximate surface area is 115 Å². The van der Waals surface area contributed by atoms with Crippen molar-refractivity contribution in [3.05, 3.63) is 33.6 Å². The van der Waals surface area contributed by atoms with Crippen LogP contribution in [0.1, 0.15) is 23.2 Å². The Bertz CT molecular complexity index is 566. The molecule has 0 fully saturated rings. The number of nitro benzene ring substituents is 1. The molecule has 0 saturated heterocycles. The number of carbonyl (C=O) groups excluding carboxylic acids is 1. The summed E-state index contributed by atoms with van der Waals surface area (Å²) in [6.07, 6.45) is 6.19. The molecule has 0 bridgehead atoms. The van der Waals surface area contributed by atoms with Gasteiger partial charge in [-0.05, 0) is 12.5 Å². The van der Waals surface area contributed by atoms with E-state index in [1.165, 1.54) is 0 Å². The van der Waals surface area contributed by atoms with Crippen molar-refractivity contribution in [3.63, 3.8) is 0 Å². The fourth-order valence-electron chi connectivity index (χ4n) is 1.54. The summed E-state index contributed by atoms with van der Waals surface area (Å²) in [5.74, 6) is 0.530. The van der Waals surface area contributed by atoms with E-state index in [2.05, 4.69) is 16.0 Å². The quantitative estimate of drug-likeness (QED) is 0.284. The second-order valence-electron chi connectivity index (χ2n) is 3.83. The molecule has 0 amide bonds. The van der Waals surface area contributed by atoms with Gasteiger partial charge in [-0.1, -0.05) is 0 Å². The number of hydrogen-bond acceptors (Lipinski definition) is 5. The second kappa shape index (κ2) is 7.09. The third-order valence-corrected chi connectivity index (χ3v) is 2.50. The number of ether oxygens (including phenoxy) is 1. The molecule has 0 unspecified atom stereocenters. The molecule has 7 heteroatoms. The first-order chi connectivity index (χ1) is 9.51. The Morgan fingerprint density at radius 3 is 2.85 bits per heavy atom. The number of esters is 1. The Balaban J connectivity index is 3.07. The average molecular weight is 280 g/mol. The number of nitro groups is 1. The molecule has 0 radical (unpaired) electrons. The van der Waals surface area contributed by atoms with Crippen molar-refractivity contribution >= 4 is 17.3 Å². The number of nitrogens with one attached hydrogen (secondary N) is 1. The van der Waals surface area contributed by atoms with Gasteiger partial charge in [0, 0.05) is 13.0 Å². The normalized spacial score (nSPS) is 9.65. The fraction of sp³-hybridized carbons (Fsp3) is 0.308. The van der Waals surface area contributed by atoms with Crippen LogP contribution >= 0.6 is 0 Å². The van der Waals surface area contributed by atoms with Crippen LogP contribution in [0.25, 0.3) is 0 Å². The topological polar surface area (TPSA) is 81.5 Å². The van der Waals surface area contributed by atoms with Crippen LogP contribution in [0, 0.1) is 28.3 Å². The molecule has 106 valence electrons. The highest BCUT2D eigenvalue weighted by Gasteiger charge is 2.22. The van der Waals surface area contributed by atoms with Crippen LogP contribution in [-0.2, 0) is 4.74 Å². The first-order valence-corrected chi connectivity index (χ1v) is 5.74. The minimum Gasteiger partial charge on any atom is -0.465 e. The Morgan fingerprint density at radius 2 is 2.30 bits per heavy atom. The lowest BCUT2D eigenvalue weighted by atomic mass is 10.1. The molecule has 0 aliphatic heterocycles. The molecule has 1 N–H and O–H groups in total. The first kappa shape index (κ1) is 15.4. The SMILES string of the molecule is C#CCCCNc1cc(C(=O)OC)c(F)cc1[N+](=O)[O-]. The molecular formula is C13H13FN2O4. The number of methoxy groups -OCH3 is 1. The molecule has 0 aliphatic rings. The fourth-order valence-corrected chi connectivity index (χ4v) is 1.54. The lowest BCUT2D eigenvalue weighted by molar-refractivity contribution is -0.384. The van der Waals surface area contributed by atoms with Gasteiger partial charge in [0.1, 0.15) is 11.5 Å². The van der Waals surface area contributed by atoms with Crippen LogP contribution < -0.4 is 5.32 Å². The number of nitrogens with zero attached hydrogens (tertiary/aromatic N) is 1. The third-order valence-electron chi connectivity index (χ3n) is 2.50. The summed E-state index contributed by atoms with van der Waals surface area (Å²) in [4.78, 5) is 21.5. The second-order valence-corrected chi connectivity index (χ2v) is 3.83. The number of terminal acetylenes is 1. The lowest BCUT2D eigenvalue weighted by Gasteiger charge is -2.09. The third kappa shape index (κ3) is 3.68. The van der Waals surface area contributed by atoms with Crippen LogP contribution in [0.2, 0.25) is 0 Å². The number of unbranched alkanes of at least 4 members (excludes halogenated alkanes) is 1. The maximum absolute atomic E-state index is 13.6. The Kier molecular flexibility index (Phi) is 5.47. The molecule has 20 heavy (non-hydrogen) atoms. The average Bonchev–Trinajstić information content (AvgIpc) is 2.43. The number of halogens is 1. The molecule has 0 heterocycles. The smallest absolute Gasteiger partial charge is 0.340 e. The van der Waals surface area contributed by atoms with Crippen molar-refractivity contribution < 1.29 is 18.8 Å². The molecule has 1 aromatic carbocycles. The van der Waals surface area contributed by atoms with Crippen LogP contribution in [0.5, 0.6) is 0 Å². The molecule has 0 saturated carbocycles. The predicted octanol–water partition coefficient (Wildman–Crippen LogP) is 2.35. The van der Waals surface area contributed by atoms with E-state index in [0.29, 0.717) is 25.5 Å². The van der Waals surface area contributed by atoms with Crippen LogP contribution in [-0.4, -0.2) is 24.5 Å². The summed E-state index contributed by atoms with van der Waals surface area (Å²) in [5.41, 5.74) is -0.762. The van der Waals surface area contributed by atoms with Gasteiger partial charge in [0.2, 0.25) is 0 Å². The zero-order valence-electron chi connectivity index (χ0n) is 10.8. The van der Waals surface area contributed by atoms with E-state index >= 15 is 0 Å². The number of anilines is 1. The summed E-state index contributed by atoms with van der Waals surface area (Å²) < 4.78 is 18.0. The zero-order chi connectivity index (χ0) is 15.1. The highest BCUT2D eigenvalue weighted by atomic mass is 19.1. The van der Waals surface area contributed by atoms with Gasteiger partial charge in [-0.2, -0.15) is 0 Å². The minimum absolute atomic E-state index is 0.0498. The molecule has 1 aromatic rings. The number of benzene rings is 1. The molecule has 0 spiro atoms. The molecule has 1 rings (SSSR count). The Morgan fingerprint density at radius 1 is 1.60 bits per heavy atom. The number of carbonyl (C=O) groups is 1. The molecule has 0 atom stereocenters. The molecular weight excluding hydrogens is 267 g/mol. The largest absolute Gasteiger partial charge is 0.465 e. The first-order valence-electron chi connectivity index (χ1n) is 5.74. The maximum Gasteiger partial charge on any atom is 0.340 e. The maximum atomic E-state index is 13.6. The highest BCUT2D eigenvalue weighted by molar-refractivity contribution is 5.91. The van der Waals surface area contributed by atoms with Crippen molar-refractivity contribution in [2.24, 2.45) is 0 Å². The minimum atomic E-state index is -1.00. The van der Waals surface area contributed by atoms with Crippen molar-refractivity contribution in [2.45, 2.75) is 12.8 Å². The molecule has 6 nitrogen and oxygen atoms in total. The van der Waals surface area contributed by atoms with Gasteiger partial charge in [-0.15, -0.1) is 12.3 Å². The summed E-state index contributed by atoms with van der Waals surface area (Å²) in [6, 6.07) is 1.75. The van der Waals surface area contributed by atoms with E-state index < -0.39 is 22.4 Å². The van der Waals surface area contributed by atoms with E-state index in [-0.39, 0.29) is 11.3 Å². The summed E-state index contributed by atoms with van der Waals surface area (Å²) in [7, 11) is 1.10. The van der Waals surface area contributed by atoms with Crippen molar-refractivity contribution in [2.75, 3.05) is 19.0 Å². The van der Waals surface area contributed by atoms with Gasteiger partial charge in [0.15, 0.2) is 0 Å². The lowest BCUT2D eigenvalue weighted by Crippen LogP contribution is -2.09. The van der Waals surface area contributed by atoms with Crippen LogP contribution in [0.4, 0.5) is 15.8 Å². The number of rotatable bonds is 6. The van der Waals surface area contributed by atoms with E-state index in [1.54, 1.807) is 0 Å². The zero-order valence-corrected chi connectivity index (χ0v) is 10.8. The van der Waals surface area contributed by atoms with Gasteiger partial charge in [0.25, 0.3) is 5.69 Å². The highest BCUT2D eigenvalue weighted by Crippen LogP contribution is 2.28. The summed E-state index contributed by atoms with van der Waals surface area (Å²) >= 11 is 0. The number of hydrogen-bond donors (Lipinski definition) is 1. The van der Waals surface area contributed by atoms with E-state index in [0.717, 1.165) is 13.2 Å². The van der Waals surface area contributed by atoms with Gasteiger partial charge >= 0.3 is 5.97 Å². The predicted molar refractivity (Wildman–Crippen MR) is 71.0 cm³/mol. The van der Waals surface area contributed by atoms with Crippen molar-refractivity contribution in [1.82, 2.24) is 0 Å². The Hall–Kier alpha value is -2.62. The summed E-state index contributed by atoms with van der Waals surface area (Å²) in [5, 5.41) is 13.6. The summed E-state index contributed by atoms with van der Waals surface area (Å²) in [6.45, 7) is 0.372. The molecule has 0 aromatic heterocycles.